The van der Waals surface area contributed by atoms with Crippen LogP contribution in [0.15, 0.2) is 12.2 Å². The third-order valence-corrected chi connectivity index (χ3v) is 1.70. The maximum Gasteiger partial charge on any atom is 0.328 e. The number of hydrogen-bond donors (Lipinski definition) is 1. The first kappa shape index (κ1) is 10.6. The van der Waals surface area contributed by atoms with E-state index in [1.165, 1.54) is 4.68 Å². The maximum atomic E-state index is 11.1. The number of tetrazole rings is 1. The molecule has 0 atom stereocenters. The first-order chi connectivity index (χ1) is 6.74. The summed E-state index contributed by atoms with van der Waals surface area (Å²) in [5.74, 6) is -0.384. The van der Waals surface area contributed by atoms with Crippen molar-refractivity contribution in [1.29, 1.82) is 0 Å². The summed E-state index contributed by atoms with van der Waals surface area (Å²) in [6.07, 6.45) is 3.54. The van der Waals surface area contributed by atoms with Gasteiger partial charge < -0.3 is 4.74 Å². The van der Waals surface area contributed by atoms with Crippen LogP contribution in [0.3, 0.4) is 0 Å². The van der Waals surface area contributed by atoms with Crippen molar-refractivity contribution in [3.05, 3.63) is 16.9 Å². The lowest BCUT2D eigenvalue weighted by molar-refractivity contribution is -0.143. The summed E-state index contributed by atoms with van der Waals surface area (Å²) in [7, 11) is 0. The van der Waals surface area contributed by atoms with Crippen LogP contribution in [0.4, 0.5) is 0 Å². The molecule has 0 spiro atoms. The largest absolute Gasteiger partial charge is 0.460 e. The lowest BCUT2D eigenvalue weighted by atomic mass is 10.5. The number of ether oxygens (including phenoxy) is 1. The van der Waals surface area contributed by atoms with Crippen molar-refractivity contribution < 1.29 is 9.53 Å². The molecule has 76 valence electrons. The van der Waals surface area contributed by atoms with Gasteiger partial charge in [0, 0.05) is 0 Å². The summed E-state index contributed by atoms with van der Waals surface area (Å²) in [6.45, 7) is 2.12. The quantitative estimate of drug-likeness (QED) is 0.447. The molecule has 0 aliphatic carbocycles. The van der Waals surface area contributed by atoms with Gasteiger partial charge in [0.2, 0.25) is 4.77 Å². The Morgan fingerprint density at radius 3 is 3.14 bits per heavy atom. The van der Waals surface area contributed by atoms with Gasteiger partial charge in [-0.15, -0.1) is 0 Å². The molecule has 0 radical (unpaired) electrons. The highest BCUT2D eigenvalue weighted by Crippen LogP contribution is 1.87. The van der Waals surface area contributed by atoms with Crippen LogP contribution in [0.1, 0.15) is 6.92 Å². The molecule has 1 aromatic heterocycles. The highest BCUT2D eigenvalue weighted by Gasteiger charge is 2.04. The molecule has 0 amide bonds. The standard InChI is InChI=1S/C7H10N4O2S/c1-2-3-4-13-6(12)5-11-7(14)8-9-10-11/h2-3H,4-5H2,1H3,(H,8,10,14)/b3-2+. The molecule has 0 saturated carbocycles. The normalized spacial score (nSPS) is 10.6. The van der Waals surface area contributed by atoms with Crippen LogP contribution in [-0.4, -0.2) is 32.8 Å². The van der Waals surface area contributed by atoms with E-state index in [1.54, 1.807) is 12.2 Å². The summed E-state index contributed by atoms with van der Waals surface area (Å²) in [4.78, 5) is 11.1. The number of esters is 1. The smallest absolute Gasteiger partial charge is 0.328 e. The van der Waals surface area contributed by atoms with Crippen molar-refractivity contribution >= 4 is 18.2 Å². The minimum atomic E-state index is -0.384. The minimum Gasteiger partial charge on any atom is -0.460 e. The summed E-state index contributed by atoms with van der Waals surface area (Å²) < 4.78 is 6.40. The molecule has 1 N–H and O–H groups in total. The van der Waals surface area contributed by atoms with Gasteiger partial charge in [0.1, 0.15) is 13.2 Å². The van der Waals surface area contributed by atoms with Gasteiger partial charge in [0.05, 0.1) is 0 Å². The Bertz CT molecular complexity index is 381. The summed E-state index contributed by atoms with van der Waals surface area (Å²) in [5.41, 5.74) is 0. The van der Waals surface area contributed by atoms with Crippen LogP contribution in [0.2, 0.25) is 0 Å². The van der Waals surface area contributed by atoms with Crippen LogP contribution in [-0.2, 0) is 16.1 Å². The molecule has 0 aliphatic heterocycles. The fraction of sp³-hybridized carbons (Fsp3) is 0.429. The number of carbonyl (C=O) groups excluding carboxylic acids is 1. The lowest BCUT2D eigenvalue weighted by Gasteiger charge is -2.00. The van der Waals surface area contributed by atoms with E-state index >= 15 is 0 Å². The van der Waals surface area contributed by atoms with Crippen LogP contribution >= 0.6 is 12.2 Å². The topological polar surface area (TPSA) is 72.8 Å². The Hall–Kier alpha value is -1.50. The molecule has 0 aromatic carbocycles. The van der Waals surface area contributed by atoms with Crippen molar-refractivity contribution in [3.63, 3.8) is 0 Å². The predicted molar refractivity (Wildman–Crippen MR) is 51.0 cm³/mol. The molecule has 6 nitrogen and oxygen atoms in total. The maximum absolute atomic E-state index is 11.1. The van der Waals surface area contributed by atoms with Crippen molar-refractivity contribution in [3.8, 4) is 0 Å². The molecule has 1 aromatic rings. The number of nitrogens with one attached hydrogen (secondary N) is 1. The Labute approximate surface area is 85.5 Å². The van der Waals surface area contributed by atoms with Gasteiger partial charge in [-0.3, -0.25) is 4.79 Å². The van der Waals surface area contributed by atoms with Crippen LogP contribution < -0.4 is 0 Å². The molecule has 0 unspecified atom stereocenters. The predicted octanol–water partition coefficient (Wildman–Crippen LogP) is 0.455. The zero-order valence-electron chi connectivity index (χ0n) is 7.64. The van der Waals surface area contributed by atoms with E-state index in [0.29, 0.717) is 0 Å². The van der Waals surface area contributed by atoms with Crippen molar-refractivity contribution in [2.24, 2.45) is 0 Å². The van der Waals surface area contributed by atoms with Crippen LogP contribution in [0.5, 0.6) is 0 Å². The van der Waals surface area contributed by atoms with E-state index in [1.807, 2.05) is 6.92 Å². The van der Waals surface area contributed by atoms with Crippen molar-refractivity contribution in [2.75, 3.05) is 6.61 Å². The summed E-state index contributed by atoms with van der Waals surface area (Å²) in [5, 5.41) is 9.41. The monoisotopic (exact) mass is 214 g/mol. The molecule has 0 fully saturated rings. The van der Waals surface area contributed by atoms with Crippen molar-refractivity contribution in [1.82, 2.24) is 20.2 Å². The first-order valence-electron chi connectivity index (χ1n) is 3.98. The number of aromatic amines is 1. The number of aromatic nitrogens is 4. The SMILES string of the molecule is C/C=C/COC(=O)Cn1[nH]nnc1=S. The second kappa shape index (κ2) is 5.28. The first-order valence-corrected chi connectivity index (χ1v) is 4.39. The Morgan fingerprint density at radius 2 is 2.57 bits per heavy atom. The van der Waals surface area contributed by atoms with E-state index in [2.05, 4.69) is 15.5 Å². The average molecular weight is 214 g/mol. The summed E-state index contributed by atoms with van der Waals surface area (Å²) >= 11 is 4.78. The molecule has 0 saturated heterocycles. The molecule has 0 aliphatic rings. The van der Waals surface area contributed by atoms with Gasteiger partial charge in [0.15, 0.2) is 0 Å². The third kappa shape index (κ3) is 3.09. The van der Waals surface area contributed by atoms with Gasteiger partial charge in [0.25, 0.3) is 0 Å². The number of nitrogens with zero attached hydrogens (tertiary/aromatic N) is 3. The number of carbonyl (C=O) groups is 1. The zero-order valence-corrected chi connectivity index (χ0v) is 8.45. The number of hydrogen-bond acceptors (Lipinski definition) is 5. The Balaban J connectivity index is 2.42. The number of allylic oxidation sites excluding steroid dienone is 1. The van der Waals surface area contributed by atoms with Gasteiger partial charge in [-0.1, -0.05) is 22.5 Å². The van der Waals surface area contributed by atoms with Crippen LogP contribution in [0.25, 0.3) is 0 Å². The fourth-order valence-electron chi connectivity index (χ4n) is 0.731. The van der Waals surface area contributed by atoms with Gasteiger partial charge >= 0.3 is 5.97 Å². The van der Waals surface area contributed by atoms with Gasteiger partial charge in [-0.2, -0.15) is 5.21 Å². The van der Waals surface area contributed by atoms with E-state index < -0.39 is 0 Å². The number of H-pyrrole nitrogens is 1. The molecule has 1 heterocycles. The van der Waals surface area contributed by atoms with E-state index in [0.717, 1.165) is 0 Å². The van der Waals surface area contributed by atoms with Gasteiger partial charge in [-0.25, -0.2) is 4.68 Å². The zero-order chi connectivity index (χ0) is 10.4. The van der Waals surface area contributed by atoms with E-state index in [4.69, 9.17) is 17.0 Å². The molecule has 14 heavy (non-hydrogen) atoms. The van der Waals surface area contributed by atoms with Crippen molar-refractivity contribution in [2.45, 2.75) is 13.5 Å². The average Bonchev–Trinajstić information content (AvgIpc) is 2.52. The summed E-state index contributed by atoms with van der Waals surface area (Å²) in [6, 6.07) is 0. The van der Waals surface area contributed by atoms with Crippen LogP contribution in [0, 0.1) is 4.77 Å². The highest BCUT2D eigenvalue weighted by molar-refractivity contribution is 7.71. The highest BCUT2D eigenvalue weighted by atomic mass is 32.1. The molecule has 1 rings (SSSR count). The second-order valence-electron chi connectivity index (χ2n) is 2.42. The Kier molecular flexibility index (Phi) is 3.99. The minimum absolute atomic E-state index is 0.00336. The molecular formula is C7H10N4O2S. The second-order valence-corrected chi connectivity index (χ2v) is 2.79. The fourth-order valence-corrected chi connectivity index (χ4v) is 0.877. The van der Waals surface area contributed by atoms with E-state index in [9.17, 15) is 4.79 Å². The lowest BCUT2D eigenvalue weighted by Crippen LogP contribution is -2.14. The molecule has 7 heteroatoms. The molecular weight excluding hydrogens is 204 g/mol. The Morgan fingerprint density at radius 1 is 1.79 bits per heavy atom. The van der Waals surface area contributed by atoms with Gasteiger partial charge in [-0.05, 0) is 19.1 Å². The third-order valence-electron chi connectivity index (χ3n) is 1.40. The number of rotatable bonds is 4. The van der Waals surface area contributed by atoms with E-state index in [-0.39, 0.29) is 23.9 Å². The molecule has 0 bridgehead atoms.